The van der Waals surface area contributed by atoms with Crippen molar-refractivity contribution in [2.24, 2.45) is 5.73 Å². The third kappa shape index (κ3) is 6.76. The minimum Gasteiger partial charge on any atom is -0.468 e. The number of carbonyl (C=O) groups excluding carboxylic acids is 1. The number of hydrogen-bond donors (Lipinski definition) is 1. The average Bonchev–Trinajstić information content (AvgIpc) is 2.26. The number of methoxy groups -OCH3 is 1. The third-order valence-electron chi connectivity index (χ3n) is 2.14. The lowest BCUT2D eigenvalue weighted by Crippen LogP contribution is -2.46. The van der Waals surface area contributed by atoms with Crippen LogP contribution in [0.4, 0.5) is 0 Å². The molecule has 16 heavy (non-hydrogen) atoms. The van der Waals surface area contributed by atoms with E-state index in [1.807, 2.05) is 0 Å². The van der Waals surface area contributed by atoms with E-state index in [2.05, 4.69) is 11.7 Å². The van der Waals surface area contributed by atoms with Crippen molar-refractivity contribution in [2.45, 2.75) is 32.2 Å². The molecule has 0 bridgehead atoms. The summed E-state index contributed by atoms with van der Waals surface area (Å²) in [6, 6.07) is 0. The van der Waals surface area contributed by atoms with Crippen molar-refractivity contribution >= 4 is 5.97 Å². The van der Waals surface area contributed by atoms with Crippen molar-refractivity contribution < 1.29 is 19.0 Å². The van der Waals surface area contributed by atoms with E-state index in [1.54, 1.807) is 6.92 Å². The minimum absolute atomic E-state index is 0.418. The fourth-order valence-electron chi connectivity index (χ4n) is 1.09. The molecule has 0 aromatic heterocycles. The summed E-state index contributed by atoms with van der Waals surface area (Å²) >= 11 is 0. The van der Waals surface area contributed by atoms with Gasteiger partial charge in [-0.3, -0.25) is 4.79 Å². The zero-order valence-corrected chi connectivity index (χ0v) is 10.5. The molecule has 0 radical (unpaired) electrons. The molecule has 5 heteroatoms. The molecule has 0 amide bonds. The molecule has 1 atom stereocenters. The second kappa shape index (κ2) is 8.50. The first-order chi connectivity index (χ1) is 7.54. The molecule has 96 valence electrons. The summed E-state index contributed by atoms with van der Waals surface area (Å²) in [4.78, 5) is 11.2. The highest BCUT2D eigenvalue weighted by Gasteiger charge is 2.28. The summed E-state index contributed by atoms with van der Waals surface area (Å²) in [7, 11) is 1.33. The van der Waals surface area contributed by atoms with Gasteiger partial charge < -0.3 is 19.9 Å². The Morgan fingerprint density at radius 1 is 1.19 bits per heavy atom. The van der Waals surface area contributed by atoms with E-state index in [0.29, 0.717) is 26.2 Å². The van der Waals surface area contributed by atoms with Gasteiger partial charge in [-0.1, -0.05) is 6.92 Å². The summed E-state index contributed by atoms with van der Waals surface area (Å²) in [5, 5.41) is 0. The van der Waals surface area contributed by atoms with E-state index in [9.17, 15) is 4.79 Å². The largest absolute Gasteiger partial charge is 0.468 e. The van der Waals surface area contributed by atoms with E-state index in [4.69, 9.17) is 15.2 Å². The van der Waals surface area contributed by atoms with Gasteiger partial charge in [-0.15, -0.1) is 0 Å². The molecular formula is C11H23NO4. The van der Waals surface area contributed by atoms with Crippen molar-refractivity contribution in [3.8, 4) is 0 Å². The molecule has 0 heterocycles. The predicted octanol–water partition coefficient (Wildman–Crippen LogP) is 0.710. The van der Waals surface area contributed by atoms with Crippen LogP contribution in [-0.4, -0.2) is 45.0 Å². The van der Waals surface area contributed by atoms with Crippen LogP contribution in [0, 0.1) is 0 Å². The molecule has 0 fully saturated rings. The molecule has 0 aliphatic rings. The van der Waals surface area contributed by atoms with E-state index in [1.165, 1.54) is 7.11 Å². The molecule has 0 spiro atoms. The van der Waals surface area contributed by atoms with Gasteiger partial charge >= 0.3 is 5.97 Å². The number of nitrogens with two attached hydrogens (primary N) is 1. The van der Waals surface area contributed by atoms with Crippen LogP contribution in [-0.2, 0) is 19.0 Å². The van der Waals surface area contributed by atoms with Gasteiger partial charge in [0.15, 0.2) is 0 Å². The Morgan fingerprint density at radius 3 is 2.25 bits per heavy atom. The van der Waals surface area contributed by atoms with Crippen LogP contribution in [0.3, 0.4) is 0 Å². The van der Waals surface area contributed by atoms with Gasteiger partial charge in [0.05, 0.1) is 20.3 Å². The molecule has 0 rings (SSSR count). The number of rotatable bonds is 9. The maximum absolute atomic E-state index is 11.2. The van der Waals surface area contributed by atoms with Crippen LogP contribution < -0.4 is 5.73 Å². The Labute approximate surface area is 97.2 Å². The first-order valence-electron chi connectivity index (χ1n) is 5.57. The predicted molar refractivity (Wildman–Crippen MR) is 61.2 cm³/mol. The fourth-order valence-corrected chi connectivity index (χ4v) is 1.09. The highest BCUT2D eigenvalue weighted by atomic mass is 16.5. The zero-order chi connectivity index (χ0) is 12.4. The smallest absolute Gasteiger partial charge is 0.325 e. The summed E-state index contributed by atoms with van der Waals surface area (Å²) in [6.07, 6.45) is 1.44. The SMILES string of the molecule is CCCOCCOCCC(C)(N)C(=O)OC. The molecule has 1 unspecified atom stereocenters. The Balaban J connectivity index is 3.47. The number of esters is 1. The van der Waals surface area contributed by atoms with Gasteiger partial charge in [-0.05, 0) is 19.8 Å². The van der Waals surface area contributed by atoms with Crippen molar-refractivity contribution in [3.05, 3.63) is 0 Å². The van der Waals surface area contributed by atoms with Crippen LogP contribution in [0.2, 0.25) is 0 Å². The topological polar surface area (TPSA) is 70.8 Å². The Kier molecular flexibility index (Phi) is 8.15. The molecule has 0 aromatic rings. The van der Waals surface area contributed by atoms with Gasteiger partial charge in [0.1, 0.15) is 5.54 Å². The van der Waals surface area contributed by atoms with Gasteiger partial charge in [0, 0.05) is 13.2 Å². The normalized spacial score (nSPS) is 14.5. The quantitative estimate of drug-likeness (QED) is 0.469. The lowest BCUT2D eigenvalue weighted by Gasteiger charge is -2.20. The maximum atomic E-state index is 11.2. The third-order valence-corrected chi connectivity index (χ3v) is 2.14. The zero-order valence-electron chi connectivity index (χ0n) is 10.5. The lowest BCUT2D eigenvalue weighted by molar-refractivity contribution is -0.147. The second-order valence-electron chi connectivity index (χ2n) is 3.88. The van der Waals surface area contributed by atoms with Crippen molar-refractivity contribution in [1.29, 1.82) is 0 Å². The maximum Gasteiger partial charge on any atom is 0.325 e. The Morgan fingerprint density at radius 2 is 1.75 bits per heavy atom. The number of carbonyl (C=O) groups is 1. The van der Waals surface area contributed by atoms with Crippen LogP contribution in [0.5, 0.6) is 0 Å². The minimum atomic E-state index is -0.973. The highest BCUT2D eigenvalue weighted by molar-refractivity contribution is 5.79. The molecule has 0 aliphatic carbocycles. The summed E-state index contributed by atoms with van der Waals surface area (Å²) in [5.41, 5.74) is 4.77. The molecule has 0 aromatic carbocycles. The fraction of sp³-hybridized carbons (Fsp3) is 0.909. The van der Waals surface area contributed by atoms with Crippen LogP contribution in [0.1, 0.15) is 26.7 Å². The number of ether oxygens (including phenoxy) is 3. The summed E-state index contributed by atoms with van der Waals surface area (Å²) in [5.74, 6) is -0.418. The van der Waals surface area contributed by atoms with E-state index in [-0.39, 0.29) is 0 Å². The van der Waals surface area contributed by atoms with Crippen molar-refractivity contribution in [1.82, 2.24) is 0 Å². The summed E-state index contributed by atoms with van der Waals surface area (Å²) in [6.45, 7) is 5.97. The van der Waals surface area contributed by atoms with E-state index in [0.717, 1.165) is 13.0 Å². The molecule has 2 N–H and O–H groups in total. The number of hydrogen-bond acceptors (Lipinski definition) is 5. The van der Waals surface area contributed by atoms with Gasteiger partial charge in [-0.25, -0.2) is 0 Å². The van der Waals surface area contributed by atoms with Gasteiger partial charge in [-0.2, -0.15) is 0 Å². The van der Waals surface area contributed by atoms with Crippen LogP contribution in [0.15, 0.2) is 0 Å². The monoisotopic (exact) mass is 233 g/mol. The molecule has 0 saturated carbocycles. The average molecular weight is 233 g/mol. The van der Waals surface area contributed by atoms with Gasteiger partial charge in [0.25, 0.3) is 0 Å². The Hall–Kier alpha value is -0.650. The summed E-state index contributed by atoms with van der Waals surface area (Å²) < 4.78 is 15.1. The highest BCUT2D eigenvalue weighted by Crippen LogP contribution is 2.07. The van der Waals surface area contributed by atoms with E-state index >= 15 is 0 Å². The molecule has 0 saturated heterocycles. The first-order valence-corrected chi connectivity index (χ1v) is 5.57. The molecular weight excluding hydrogens is 210 g/mol. The standard InChI is InChI=1S/C11H23NO4/c1-4-6-15-8-9-16-7-5-11(2,12)10(13)14-3/h4-9,12H2,1-3H3. The van der Waals surface area contributed by atoms with Crippen LogP contribution in [0.25, 0.3) is 0 Å². The van der Waals surface area contributed by atoms with Crippen LogP contribution >= 0.6 is 0 Å². The Bertz CT molecular complexity index is 194. The van der Waals surface area contributed by atoms with Crippen molar-refractivity contribution in [2.75, 3.05) is 33.5 Å². The van der Waals surface area contributed by atoms with Gasteiger partial charge in [0.2, 0.25) is 0 Å². The lowest BCUT2D eigenvalue weighted by atomic mass is 10.0. The second-order valence-corrected chi connectivity index (χ2v) is 3.88. The van der Waals surface area contributed by atoms with Crippen molar-refractivity contribution in [3.63, 3.8) is 0 Å². The van der Waals surface area contributed by atoms with E-state index < -0.39 is 11.5 Å². The molecule has 5 nitrogen and oxygen atoms in total. The molecule has 0 aliphatic heterocycles. The first kappa shape index (κ1) is 15.3.